The Morgan fingerprint density at radius 2 is 0.478 bits per heavy atom. The van der Waals surface area contributed by atoms with Crippen molar-refractivity contribution < 1.29 is 13.3 Å². The number of hydrogen-bond donors (Lipinski definition) is 0. The average molecular weight is 1780 g/mol. The van der Waals surface area contributed by atoms with Crippen LogP contribution in [0.15, 0.2) is 433 Å². The van der Waals surface area contributed by atoms with Gasteiger partial charge in [-0.05, 0) is 144 Å². The molecule has 6 aromatic heterocycles. The van der Waals surface area contributed by atoms with Crippen LogP contribution in [0.1, 0.15) is 80.5 Å². The Bertz CT molecular complexity index is 8880. The van der Waals surface area contributed by atoms with E-state index in [-0.39, 0.29) is 16.2 Å². The quantitative estimate of drug-likeness (QED) is 0.0951. The monoisotopic (exact) mass is 1780 g/mol. The normalized spacial score (nSPS) is 13.3. The lowest BCUT2D eigenvalue weighted by Gasteiger charge is -2.21. The summed E-state index contributed by atoms with van der Waals surface area (Å²) in [5, 5.41) is 6.61. The lowest BCUT2D eigenvalue weighted by molar-refractivity contribution is 0.619. The Morgan fingerprint density at radius 1 is 0.217 bits per heavy atom. The maximum atomic E-state index is 6.76. The van der Waals surface area contributed by atoms with E-state index in [0.29, 0.717) is 52.4 Å². The molecule has 26 rings (SSSR count). The minimum atomic E-state index is -0.170. The summed E-state index contributed by atoms with van der Waals surface area (Å²) in [4.78, 5) is 44.9. The fourth-order valence-electron chi connectivity index (χ4n) is 20.9. The van der Waals surface area contributed by atoms with Gasteiger partial charge >= 0.3 is 0 Å². The van der Waals surface area contributed by atoms with Crippen LogP contribution in [0.5, 0.6) is 0 Å². The molecule has 3 aliphatic carbocycles. The van der Waals surface area contributed by atoms with Gasteiger partial charge in [-0.15, -0.1) is 0 Å². The van der Waals surface area contributed by atoms with Gasteiger partial charge in [0.05, 0.1) is 0 Å². The van der Waals surface area contributed by atoms with E-state index in [2.05, 4.69) is 316 Å². The third-order valence-electron chi connectivity index (χ3n) is 27.7. The van der Waals surface area contributed by atoms with Gasteiger partial charge in [-0.3, -0.25) is 0 Å². The molecule has 17 aromatic carbocycles. The zero-order chi connectivity index (χ0) is 93.1. The van der Waals surface area contributed by atoms with Gasteiger partial charge in [0.15, 0.2) is 52.4 Å². The summed E-state index contributed by atoms with van der Waals surface area (Å²) in [5.41, 5.74) is 34.8. The highest BCUT2D eigenvalue weighted by Gasteiger charge is 2.42. The highest BCUT2D eigenvalue weighted by Crippen LogP contribution is 2.57. The summed E-state index contributed by atoms with van der Waals surface area (Å²) in [6.45, 7) is 21.6. The number of allylic oxidation sites excluding steroid dienone is 4. The topological polar surface area (TPSA) is 155 Å². The van der Waals surface area contributed by atoms with Crippen molar-refractivity contribution >= 4 is 71.4 Å². The molecule has 0 bridgehead atoms. The van der Waals surface area contributed by atoms with Crippen molar-refractivity contribution in [2.75, 3.05) is 0 Å². The zero-order valence-electron chi connectivity index (χ0n) is 76.8. The van der Waals surface area contributed by atoms with Gasteiger partial charge in [0.2, 0.25) is 0 Å². The molecule has 12 nitrogen and oxygen atoms in total. The van der Waals surface area contributed by atoms with Crippen molar-refractivity contribution in [1.82, 2.24) is 44.9 Å². The number of rotatable bonds is 14. The van der Waals surface area contributed by atoms with Crippen molar-refractivity contribution in [3.8, 4) is 158 Å². The molecule has 0 saturated heterocycles. The molecule has 3 aliphatic rings. The molecule has 0 spiro atoms. The van der Waals surface area contributed by atoms with Crippen molar-refractivity contribution in [2.24, 2.45) is 0 Å². The van der Waals surface area contributed by atoms with E-state index in [1.807, 2.05) is 140 Å². The van der Waals surface area contributed by atoms with Crippen LogP contribution in [-0.2, 0) is 16.2 Å². The molecule has 0 atom stereocenters. The number of furan rings is 3. The van der Waals surface area contributed by atoms with E-state index >= 15 is 0 Å². The first-order valence-electron chi connectivity index (χ1n) is 46.7. The Labute approximate surface area is 798 Å². The zero-order valence-corrected chi connectivity index (χ0v) is 76.8. The van der Waals surface area contributed by atoms with Crippen LogP contribution in [-0.4, -0.2) is 44.9 Å². The van der Waals surface area contributed by atoms with Crippen molar-refractivity contribution in [3.63, 3.8) is 0 Å². The largest absolute Gasteiger partial charge is 0.456 e. The van der Waals surface area contributed by atoms with Crippen molar-refractivity contribution in [2.45, 2.75) is 57.8 Å². The minimum absolute atomic E-state index is 0.161. The van der Waals surface area contributed by atoms with E-state index in [0.717, 1.165) is 144 Å². The van der Waals surface area contributed by atoms with Crippen LogP contribution in [0, 0.1) is 0 Å². The maximum Gasteiger partial charge on any atom is 0.164 e. The van der Waals surface area contributed by atoms with Gasteiger partial charge in [0.25, 0.3) is 0 Å². The van der Waals surface area contributed by atoms with E-state index in [4.69, 9.17) is 58.1 Å². The van der Waals surface area contributed by atoms with Gasteiger partial charge < -0.3 is 13.3 Å². The molecule has 0 radical (unpaired) electrons. The number of aromatic nitrogens is 9. The summed E-state index contributed by atoms with van der Waals surface area (Å²) in [6, 6.07) is 134. The molecule has 6 heterocycles. The summed E-state index contributed by atoms with van der Waals surface area (Å²) in [7, 11) is 0. The second kappa shape index (κ2) is 33.5. The molecular formula is C126H89N9O3. The van der Waals surface area contributed by atoms with Gasteiger partial charge in [-0.2, -0.15) is 0 Å². The molecule has 0 aliphatic heterocycles. The first-order chi connectivity index (χ1) is 67.6. The Balaban J connectivity index is 0.000000113. The molecule has 138 heavy (non-hydrogen) atoms. The van der Waals surface area contributed by atoms with Gasteiger partial charge in [0.1, 0.15) is 33.5 Å². The molecule has 0 fully saturated rings. The maximum absolute atomic E-state index is 6.76. The second-order valence-electron chi connectivity index (χ2n) is 37.1. The van der Waals surface area contributed by atoms with Crippen LogP contribution >= 0.6 is 0 Å². The molecule has 23 aromatic rings. The van der Waals surface area contributed by atoms with Crippen LogP contribution in [0.2, 0.25) is 0 Å². The number of benzene rings is 17. The molecule has 12 heteroatoms. The predicted octanol–water partition coefficient (Wildman–Crippen LogP) is 32.3. The first kappa shape index (κ1) is 83.5. The highest BCUT2D eigenvalue weighted by atomic mass is 16.3. The summed E-state index contributed by atoms with van der Waals surface area (Å²) < 4.78 is 20.2. The van der Waals surface area contributed by atoms with Crippen molar-refractivity contribution in [3.05, 3.63) is 459 Å². The lowest BCUT2D eigenvalue weighted by atomic mass is 9.82. The minimum Gasteiger partial charge on any atom is -0.456 e. The van der Waals surface area contributed by atoms with E-state index in [1.165, 1.54) is 72.3 Å². The van der Waals surface area contributed by atoms with E-state index in [1.54, 1.807) is 6.08 Å². The molecule has 0 saturated carbocycles. The second-order valence-corrected chi connectivity index (χ2v) is 37.1. The van der Waals surface area contributed by atoms with Gasteiger partial charge in [-0.1, -0.05) is 401 Å². The van der Waals surface area contributed by atoms with Gasteiger partial charge in [-0.25, -0.2) is 44.9 Å². The van der Waals surface area contributed by atoms with Crippen LogP contribution in [0.25, 0.3) is 230 Å². The third-order valence-corrected chi connectivity index (χ3v) is 27.7. The average Bonchev–Trinajstić information content (AvgIpc) is 1.56. The molecule has 0 N–H and O–H groups in total. The highest BCUT2D eigenvalue weighted by molar-refractivity contribution is 6.13. The number of hydrogen-bond acceptors (Lipinski definition) is 12. The fourth-order valence-corrected chi connectivity index (χ4v) is 20.9. The van der Waals surface area contributed by atoms with Crippen LogP contribution in [0.4, 0.5) is 0 Å². The molecular weight excluding hydrogens is 1690 g/mol. The first-order valence-corrected chi connectivity index (χ1v) is 46.7. The Morgan fingerprint density at radius 3 is 0.833 bits per heavy atom. The number of fused-ring (bicyclic) bond motifs is 21. The van der Waals surface area contributed by atoms with Crippen LogP contribution < -0.4 is 0 Å². The Hall–Kier alpha value is -17.6. The Kier molecular flexibility index (Phi) is 20.3. The predicted molar refractivity (Wildman–Crippen MR) is 562 cm³/mol. The van der Waals surface area contributed by atoms with Gasteiger partial charge in [0, 0.05) is 115 Å². The van der Waals surface area contributed by atoms with E-state index < -0.39 is 0 Å². The molecule has 0 amide bonds. The fraction of sp³-hybridized carbons (Fsp3) is 0.0714. The SMILES string of the molecule is C=C/C=C(\C=C)c1cccc(-c2nc(-c3ccccc3)nc(-c3ccc4c(c3)oc3c5c(ccc34)-c3ccccc3C5(C)C)n2)c1.CC1(C)c2ccccc2-c2ccc3c(oc4cc(-c5nc(-c6ccccc6)nc(-c6ccc(-c7ccccc7)cc6)n5)ccc43)c21.CC1(C)c2ccccc2-c2ccc3c(oc4cc(-c5nc(-c6ccccc6)nc(-c6ccccc6-c6ccccc6)n5)ccc43)c21. The number of nitrogens with zero attached hydrogens (tertiary/aromatic N) is 9. The smallest absolute Gasteiger partial charge is 0.164 e. The summed E-state index contributed by atoms with van der Waals surface area (Å²) in [6.07, 6.45) is 5.53. The molecule has 656 valence electrons. The van der Waals surface area contributed by atoms with Crippen molar-refractivity contribution in [1.29, 1.82) is 0 Å². The summed E-state index contributed by atoms with van der Waals surface area (Å²) >= 11 is 0. The van der Waals surface area contributed by atoms with Crippen LogP contribution in [0.3, 0.4) is 0 Å². The molecule has 0 unspecified atom stereocenters. The standard InChI is InChI=1S/2C42H29N3O.C42H31N3O/c1-42(2)35-20-12-11-18-30(35)32-23-24-33-31-22-21-28(25-36(31)46-38(33)37(32)42)40-43-39(27-15-7-4-8-16-27)44-41(45-40)34-19-10-9-17-29(34)26-13-5-3-6-14-26;1-42(2)35-16-10-9-15-31(35)33-23-24-34-32-22-21-30(25-36(32)46-38(34)37(33)42)41-44-39(28-13-7-4-8-14-28)43-40(45-41)29-19-17-27(18-20-29)26-11-5-3-6-12-26;1-5-13-26(6-2)28-16-12-17-29(24-28)40-43-39(27-14-8-7-9-15-27)44-41(45-40)30-20-21-32-34-23-22-33-31-18-10-11-19-35(31)42(3,4)37(33)38(34)46-36(32)25-30/h2*3-25H,1-2H3;5-25H,1-2H2,3-4H3/b;;26-13+. The summed E-state index contributed by atoms with van der Waals surface area (Å²) in [5.74, 6) is 5.52. The lowest BCUT2D eigenvalue weighted by Crippen LogP contribution is -2.15. The van der Waals surface area contributed by atoms with E-state index in [9.17, 15) is 0 Å². The third kappa shape index (κ3) is 14.3.